The zero-order valence-corrected chi connectivity index (χ0v) is 8.29. The first-order valence-electron chi connectivity index (χ1n) is 3.78. The summed E-state index contributed by atoms with van der Waals surface area (Å²) in [5.74, 6) is 0. The molecule has 4 heteroatoms. The molecule has 1 aromatic heterocycles. The lowest BCUT2D eigenvalue weighted by Gasteiger charge is -2.21. The van der Waals surface area contributed by atoms with E-state index in [1.807, 2.05) is 0 Å². The molecular weight excluding hydrogens is 194 g/mol. The summed E-state index contributed by atoms with van der Waals surface area (Å²) in [5.41, 5.74) is 8.29. The van der Waals surface area contributed by atoms with E-state index in [9.17, 15) is 0 Å². The van der Waals surface area contributed by atoms with E-state index in [4.69, 9.17) is 10.5 Å². The third kappa shape index (κ3) is 1.64. The number of hydrogen-bond donors (Lipinski definition) is 1. The van der Waals surface area contributed by atoms with Crippen LogP contribution in [0.15, 0.2) is 10.8 Å². The van der Waals surface area contributed by atoms with Crippen molar-refractivity contribution in [2.24, 2.45) is 5.73 Å². The maximum Gasteiger partial charge on any atom is 0.0957 e. The fourth-order valence-corrected chi connectivity index (χ4v) is 2.35. The fraction of sp³-hybridized carbons (Fsp3) is 0.500. The van der Waals surface area contributed by atoms with Gasteiger partial charge in [-0.25, -0.2) is 0 Å². The molecule has 1 aliphatic rings. The van der Waals surface area contributed by atoms with E-state index in [2.05, 4.69) is 10.8 Å². The van der Waals surface area contributed by atoms with Gasteiger partial charge in [0.1, 0.15) is 0 Å². The predicted molar refractivity (Wildman–Crippen MR) is 53.0 cm³/mol. The monoisotopic (exact) mass is 205 g/mol. The number of hydrogen-bond acceptors (Lipinski definition) is 3. The molecule has 2 rings (SSSR count). The summed E-state index contributed by atoms with van der Waals surface area (Å²) in [4.78, 5) is 0. The fourth-order valence-electron chi connectivity index (χ4n) is 1.42. The van der Waals surface area contributed by atoms with E-state index in [-0.39, 0.29) is 18.5 Å². The summed E-state index contributed by atoms with van der Waals surface area (Å²) in [5, 5.41) is 4.34. The van der Waals surface area contributed by atoms with Crippen LogP contribution in [0.1, 0.15) is 17.2 Å². The van der Waals surface area contributed by atoms with E-state index in [0.29, 0.717) is 6.54 Å². The molecule has 0 amide bonds. The van der Waals surface area contributed by atoms with Gasteiger partial charge >= 0.3 is 0 Å². The maximum atomic E-state index is 5.56. The second kappa shape index (κ2) is 4.23. The van der Waals surface area contributed by atoms with E-state index >= 15 is 0 Å². The van der Waals surface area contributed by atoms with Crippen LogP contribution >= 0.6 is 23.7 Å². The highest BCUT2D eigenvalue weighted by Crippen LogP contribution is 2.28. The molecule has 0 saturated carbocycles. The van der Waals surface area contributed by atoms with Gasteiger partial charge in [-0.15, -0.1) is 12.4 Å². The molecular formula is C8H12ClNOS. The van der Waals surface area contributed by atoms with Gasteiger partial charge in [0, 0.05) is 6.54 Å². The maximum absolute atomic E-state index is 5.56. The lowest BCUT2D eigenvalue weighted by Crippen LogP contribution is -2.21. The summed E-state index contributed by atoms with van der Waals surface area (Å²) < 4.78 is 5.49. The van der Waals surface area contributed by atoms with Gasteiger partial charge in [-0.1, -0.05) is 0 Å². The van der Waals surface area contributed by atoms with Crippen molar-refractivity contribution in [3.63, 3.8) is 0 Å². The molecule has 1 aromatic rings. The zero-order chi connectivity index (χ0) is 7.68. The Balaban J connectivity index is 0.000000720. The molecule has 0 aromatic carbocycles. The summed E-state index contributed by atoms with van der Waals surface area (Å²) in [7, 11) is 0. The highest BCUT2D eigenvalue weighted by molar-refractivity contribution is 7.08. The van der Waals surface area contributed by atoms with Crippen LogP contribution in [0, 0.1) is 0 Å². The van der Waals surface area contributed by atoms with Gasteiger partial charge in [0.2, 0.25) is 0 Å². The molecule has 0 radical (unpaired) electrons. The molecule has 0 bridgehead atoms. The largest absolute Gasteiger partial charge is 0.372 e. The van der Waals surface area contributed by atoms with Gasteiger partial charge in [-0.2, -0.15) is 11.3 Å². The first-order chi connectivity index (χ1) is 5.42. The molecule has 1 aliphatic heterocycles. The molecule has 2 N–H and O–H groups in total. The Morgan fingerprint density at radius 2 is 2.42 bits per heavy atom. The molecule has 1 atom stereocenters. The van der Waals surface area contributed by atoms with Crippen molar-refractivity contribution in [3.8, 4) is 0 Å². The normalized spacial score (nSPS) is 21.2. The van der Waals surface area contributed by atoms with E-state index in [1.165, 1.54) is 11.1 Å². The highest BCUT2D eigenvalue weighted by atomic mass is 35.5. The Hall–Kier alpha value is -0.0900. The Bertz CT molecular complexity index is 251. The zero-order valence-electron chi connectivity index (χ0n) is 6.66. The topological polar surface area (TPSA) is 35.2 Å². The smallest absolute Gasteiger partial charge is 0.0957 e. The lowest BCUT2D eigenvalue weighted by atomic mass is 10.0. The van der Waals surface area contributed by atoms with Crippen LogP contribution in [0.2, 0.25) is 0 Å². The second-order valence-corrected chi connectivity index (χ2v) is 3.44. The molecule has 2 heterocycles. The van der Waals surface area contributed by atoms with Crippen LogP contribution in [0.25, 0.3) is 0 Å². The minimum atomic E-state index is 0. The Morgan fingerprint density at radius 1 is 1.58 bits per heavy atom. The summed E-state index contributed by atoms with van der Waals surface area (Å²) in [6.45, 7) is 1.43. The molecule has 12 heavy (non-hydrogen) atoms. The highest BCUT2D eigenvalue weighted by Gasteiger charge is 2.19. The van der Waals surface area contributed by atoms with Gasteiger partial charge in [-0.05, 0) is 28.3 Å². The molecule has 2 nitrogen and oxygen atoms in total. The van der Waals surface area contributed by atoms with Crippen molar-refractivity contribution in [2.45, 2.75) is 12.5 Å². The van der Waals surface area contributed by atoms with E-state index < -0.39 is 0 Å². The van der Waals surface area contributed by atoms with Crippen LogP contribution in [0.3, 0.4) is 0 Å². The average Bonchev–Trinajstić information content (AvgIpc) is 2.50. The Labute approximate surface area is 82.1 Å². The average molecular weight is 206 g/mol. The Kier molecular flexibility index (Phi) is 3.53. The first kappa shape index (κ1) is 9.99. The molecule has 0 spiro atoms. The van der Waals surface area contributed by atoms with Gasteiger partial charge < -0.3 is 10.5 Å². The quantitative estimate of drug-likeness (QED) is 0.758. The van der Waals surface area contributed by atoms with Crippen molar-refractivity contribution in [2.75, 3.05) is 13.2 Å². The Morgan fingerprint density at radius 3 is 3.17 bits per heavy atom. The molecule has 68 valence electrons. The minimum Gasteiger partial charge on any atom is -0.372 e. The summed E-state index contributed by atoms with van der Waals surface area (Å²) >= 11 is 1.74. The third-order valence-electron chi connectivity index (χ3n) is 2.03. The number of nitrogens with two attached hydrogens (primary N) is 1. The molecule has 0 aliphatic carbocycles. The number of rotatable bonds is 1. The number of thiophene rings is 1. The van der Waals surface area contributed by atoms with Crippen LogP contribution in [-0.2, 0) is 11.2 Å². The first-order valence-corrected chi connectivity index (χ1v) is 4.72. The van der Waals surface area contributed by atoms with Crippen LogP contribution in [0.4, 0.5) is 0 Å². The predicted octanol–water partition coefficient (Wildman–Crippen LogP) is 1.74. The minimum absolute atomic E-state index is 0. The van der Waals surface area contributed by atoms with Gasteiger partial charge in [0.15, 0.2) is 0 Å². The summed E-state index contributed by atoms with van der Waals surface area (Å²) in [6, 6.07) is 0. The van der Waals surface area contributed by atoms with Crippen LogP contribution < -0.4 is 5.73 Å². The van der Waals surface area contributed by atoms with E-state index in [1.54, 1.807) is 11.3 Å². The number of halogens is 1. The summed E-state index contributed by atoms with van der Waals surface area (Å²) in [6.07, 6.45) is 1.21. The molecule has 1 unspecified atom stereocenters. The van der Waals surface area contributed by atoms with Gasteiger partial charge in [0.05, 0.1) is 12.7 Å². The third-order valence-corrected chi connectivity index (χ3v) is 2.84. The van der Waals surface area contributed by atoms with Crippen LogP contribution in [-0.4, -0.2) is 13.2 Å². The van der Waals surface area contributed by atoms with Crippen molar-refractivity contribution in [3.05, 3.63) is 21.9 Å². The van der Waals surface area contributed by atoms with Crippen molar-refractivity contribution >= 4 is 23.7 Å². The van der Waals surface area contributed by atoms with Crippen molar-refractivity contribution < 1.29 is 4.74 Å². The number of fused-ring (bicyclic) bond motifs is 1. The molecule has 0 fully saturated rings. The number of ether oxygens (including phenoxy) is 1. The van der Waals surface area contributed by atoms with Crippen molar-refractivity contribution in [1.29, 1.82) is 0 Å². The second-order valence-electron chi connectivity index (χ2n) is 2.70. The van der Waals surface area contributed by atoms with Crippen molar-refractivity contribution in [1.82, 2.24) is 0 Å². The standard InChI is InChI=1S/C8H11NOS.ClH/c9-3-8-7-5-11-4-6(7)1-2-10-8;/h4-5,8H,1-3,9H2;1H. The van der Waals surface area contributed by atoms with Crippen LogP contribution in [0.5, 0.6) is 0 Å². The van der Waals surface area contributed by atoms with E-state index in [0.717, 1.165) is 13.0 Å². The molecule has 0 saturated heterocycles. The lowest BCUT2D eigenvalue weighted by molar-refractivity contribution is 0.0491. The van der Waals surface area contributed by atoms with Gasteiger partial charge in [-0.3, -0.25) is 0 Å². The SMILES string of the molecule is Cl.NCC1OCCc2cscc21. The van der Waals surface area contributed by atoms with Gasteiger partial charge in [0.25, 0.3) is 0 Å².